The van der Waals surface area contributed by atoms with Crippen molar-refractivity contribution in [3.63, 3.8) is 0 Å². The predicted molar refractivity (Wildman–Crippen MR) is 118 cm³/mol. The minimum Gasteiger partial charge on any atom is -0.454 e. The minimum atomic E-state index is -3.35. The lowest BCUT2D eigenvalue weighted by atomic mass is 9.91. The first-order chi connectivity index (χ1) is 15.1. The van der Waals surface area contributed by atoms with Crippen LogP contribution < -0.4 is 5.32 Å². The molecule has 1 aromatic heterocycles. The number of aromatic nitrogens is 1. The summed E-state index contributed by atoms with van der Waals surface area (Å²) in [5.74, 6) is -1.69. The molecule has 1 aliphatic carbocycles. The normalized spacial score (nSPS) is 20.9. The Labute approximate surface area is 190 Å². The zero-order valence-electron chi connectivity index (χ0n) is 17.7. The third-order valence-electron chi connectivity index (χ3n) is 5.61. The summed E-state index contributed by atoms with van der Waals surface area (Å²) in [6.07, 6.45) is 0.136. The number of sulfone groups is 1. The number of Topliss-reactive ketones (excluding diaryl/α,β-unsaturated/α-hetero) is 1. The highest BCUT2D eigenvalue weighted by molar-refractivity contribution is 7.92. The van der Waals surface area contributed by atoms with E-state index in [4.69, 9.17) is 4.74 Å². The molecule has 0 radical (unpaired) electrons. The van der Waals surface area contributed by atoms with Gasteiger partial charge < -0.3 is 10.1 Å². The zero-order chi connectivity index (χ0) is 23.0. The molecule has 10 heteroatoms. The van der Waals surface area contributed by atoms with Crippen LogP contribution in [-0.2, 0) is 24.2 Å². The fourth-order valence-corrected chi connectivity index (χ4v) is 6.16. The van der Waals surface area contributed by atoms with Gasteiger partial charge in [-0.15, -0.1) is 11.3 Å². The SMILES string of the molecule is CC(C)c1csc(NC(=O)CC2CC(=O)OC2C(=O)c2ccc(S(=O)(=O)C3CC3)cc2)n1. The van der Waals surface area contributed by atoms with E-state index >= 15 is 0 Å². The van der Waals surface area contributed by atoms with Gasteiger partial charge in [-0.25, -0.2) is 13.4 Å². The Hall–Kier alpha value is -2.59. The van der Waals surface area contributed by atoms with Crippen molar-refractivity contribution in [2.45, 2.75) is 61.7 Å². The predicted octanol–water partition coefficient (Wildman–Crippen LogP) is 3.35. The highest BCUT2D eigenvalue weighted by Crippen LogP contribution is 2.34. The standard InChI is InChI=1S/C22H24N2O6S2/c1-12(2)17-11-31-22(23-17)24-18(25)9-14-10-19(26)30-21(14)20(27)13-3-5-15(6-4-13)32(28,29)16-7-8-16/h3-6,11-12,14,16,21H,7-10H2,1-2H3,(H,23,24,25). The van der Waals surface area contributed by atoms with E-state index in [1.165, 1.54) is 35.6 Å². The molecule has 2 aliphatic rings. The van der Waals surface area contributed by atoms with Crippen LogP contribution in [0.4, 0.5) is 5.13 Å². The van der Waals surface area contributed by atoms with Crippen molar-refractivity contribution < 1.29 is 27.5 Å². The molecule has 2 unspecified atom stereocenters. The van der Waals surface area contributed by atoms with E-state index in [1.807, 2.05) is 19.2 Å². The second-order valence-electron chi connectivity index (χ2n) is 8.49. The van der Waals surface area contributed by atoms with Crippen molar-refractivity contribution in [2.24, 2.45) is 5.92 Å². The number of cyclic esters (lactones) is 1. The molecule has 2 heterocycles. The topological polar surface area (TPSA) is 119 Å². The van der Waals surface area contributed by atoms with Crippen LogP contribution in [0.25, 0.3) is 0 Å². The molecule has 1 saturated carbocycles. The highest BCUT2D eigenvalue weighted by Gasteiger charge is 2.41. The van der Waals surface area contributed by atoms with Crippen molar-refractivity contribution in [1.29, 1.82) is 0 Å². The number of amides is 1. The maximum Gasteiger partial charge on any atom is 0.306 e. The fourth-order valence-electron chi connectivity index (χ4n) is 3.61. The smallest absolute Gasteiger partial charge is 0.306 e. The van der Waals surface area contributed by atoms with Gasteiger partial charge in [-0.3, -0.25) is 14.4 Å². The van der Waals surface area contributed by atoms with Crippen LogP contribution in [0, 0.1) is 5.92 Å². The quantitative estimate of drug-likeness (QED) is 0.458. The molecular formula is C22H24N2O6S2. The molecule has 1 N–H and O–H groups in total. The van der Waals surface area contributed by atoms with E-state index < -0.39 is 33.6 Å². The molecule has 0 spiro atoms. The Kier molecular flexibility index (Phi) is 6.17. The molecule has 4 rings (SSSR count). The van der Waals surface area contributed by atoms with Crippen LogP contribution in [0.2, 0.25) is 0 Å². The monoisotopic (exact) mass is 476 g/mol. The molecule has 2 atom stereocenters. The van der Waals surface area contributed by atoms with E-state index in [2.05, 4.69) is 10.3 Å². The third kappa shape index (κ3) is 4.75. The summed E-state index contributed by atoms with van der Waals surface area (Å²) in [5.41, 5.74) is 1.12. The molecule has 8 nitrogen and oxygen atoms in total. The van der Waals surface area contributed by atoms with Crippen LogP contribution in [-0.4, -0.2) is 42.4 Å². The molecule has 170 valence electrons. The minimum absolute atomic E-state index is 0.0346. The molecular weight excluding hydrogens is 452 g/mol. The summed E-state index contributed by atoms with van der Waals surface area (Å²) in [4.78, 5) is 41.9. The number of rotatable bonds is 8. The first-order valence-electron chi connectivity index (χ1n) is 10.5. The number of carbonyl (C=O) groups excluding carboxylic acids is 3. The lowest BCUT2D eigenvalue weighted by Gasteiger charge is -2.16. The maximum absolute atomic E-state index is 13.0. The Morgan fingerprint density at radius 2 is 1.91 bits per heavy atom. The number of carbonyl (C=O) groups is 3. The molecule has 32 heavy (non-hydrogen) atoms. The van der Waals surface area contributed by atoms with E-state index in [9.17, 15) is 22.8 Å². The van der Waals surface area contributed by atoms with Gasteiger partial charge in [-0.05, 0) is 43.0 Å². The number of hydrogen-bond donors (Lipinski definition) is 1. The van der Waals surface area contributed by atoms with Gasteiger partial charge in [0.25, 0.3) is 0 Å². The maximum atomic E-state index is 13.0. The Morgan fingerprint density at radius 1 is 1.22 bits per heavy atom. The van der Waals surface area contributed by atoms with Crippen molar-refractivity contribution in [3.8, 4) is 0 Å². The molecule has 2 aromatic rings. The lowest BCUT2D eigenvalue weighted by Crippen LogP contribution is -2.30. The summed E-state index contributed by atoms with van der Waals surface area (Å²) in [6.45, 7) is 4.01. The number of benzene rings is 1. The van der Waals surface area contributed by atoms with Gasteiger partial charge in [0, 0.05) is 23.3 Å². The molecule has 1 aliphatic heterocycles. The van der Waals surface area contributed by atoms with Gasteiger partial charge in [-0.1, -0.05) is 13.8 Å². The number of ketones is 1. The fraction of sp³-hybridized carbons (Fsp3) is 0.455. The average molecular weight is 477 g/mol. The number of thiazole rings is 1. The van der Waals surface area contributed by atoms with Crippen LogP contribution in [0.3, 0.4) is 0 Å². The average Bonchev–Trinajstić information content (AvgIpc) is 3.41. The number of anilines is 1. The second-order valence-corrected chi connectivity index (χ2v) is 11.6. The van der Waals surface area contributed by atoms with E-state index in [0.717, 1.165) is 5.69 Å². The number of ether oxygens (including phenoxy) is 1. The van der Waals surface area contributed by atoms with Crippen molar-refractivity contribution in [1.82, 2.24) is 4.98 Å². The first kappa shape index (κ1) is 22.6. The van der Waals surface area contributed by atoms with Crippen LogP contribution in [0.5, 0.6) is 0 Å². The molecule has 2 fully saturated rings. The van der Waals surface area contributed by atoms with Gasteiger partial charge >= 0.3 is 5.97 Å². The third-order valence-corrected chi connectivity index (χ3v) is 8.67. The number of nitrogens with one attached hydrogen (secondary N) is 1. The van der Waals surface area contributed by atoms with E-state index in [-0.39, 0.29) is 40.4 Å². The van der Waals surface area contributed by atoms with E-state index in [1.54, 1.807) is 0 Å². The first-order valence-corrected chi connectivity index (χ1v) is 12.9. The van der Waals surface area contributed by atoms with Gasteiger partial charge in [0.2, 0.25) is 11.7 Å². The van der Waals surface area contributed by atoms with Gasteiger partial charge in [0.15, 0.2) is 21.1 Å². The second kappa shape index (κ2) is 8.74. The Bertz CT molecular complexity index is 1150. The molecule has 1 amide bonds. The Morgan fingerprint density at radius 3 is 2.50 bits per heavy atom. The van der Waals surface area contributed by atoms with Crippen LogP contribution >= 0.6 is 11.3 Å². The van der Waals surface area contributed by atoms with Crippen LogP contribution in [0.1, 0.15) is 61.5 Å². The summed E-state index contributed by atoms with van der Waals surface area (Å²) in [7, 11) is -3.35. The lowest BCUT2D eigenvalue weighted by molar-refractivity contribution is -0.140. The molecule has 0 bridgehead atoms. The molecule has 1 aromatic carbocycles. The van der Waals surface area contributed by atoms with Crippen molar-refractivity contribution in [2.75, 3.05) is 5.32 Å². The summed E-state index contributed by atoms with van der Waals surface area (Å²) >= 11 is 1.32. The van der Waals surface area contributed by atoms with Crippen molar-refractivity contribution >= 4 is 44.0 Å². The summed E-state index contributed by atoms with van der Waals surface area (Å²) < 4.78 is 29.9. The van der Waals surface area contributed by atoms with Gasteiger partial charge in [0.1, 0.15) is 0 Å². The zero-order valence-corrected chi connectivity index (χ0v) is 19.4. The number of esters is 1. The number of hydrogen-bond acceptors (Lipinski definition) is 8. The summed E-state index contributed by atoms with van der Waals surface area (Å²) in [5, 5.41) is 4.73. The number of nitrogens with zero attached hydrogens (tertiary/aromatic N) is 1. The summed E-state index contributed by atoms with van der Waals surface area (Å²) in [6, 6.07) is 5.69. The van der Waals surface area contributed by atoms with Gasteiger partial charge in [0.05, 0.1) is 22.3 Å². The van der Waals surface area contributed by atoms with Gasteiger partial charge in [-0.2, -0.15) is 0 Å². The molecule has 1 saturated heterocycles. The van der Waals surface area contributed by atoms with Crippen LogP contribution in [0.15, 0.2) is 34.5 Å². The van der Waals surface area contributed by atoms with E-state index in [0.29, 0.717) is 18.0 Å². The largest absolute Gasteiger partial charge is 0.454 e. The highest BCUT2D eigenvalue weighted by atomic mass is 32.2. The van der Waals surface area contributed by atoms with Crippen molar-refractivity contribution in [3.05, 3.63) is 40.9 Å². The Balaban J connectivity index is 1.43.